The van der Waals surface area contributed by atoms with E-state index in [4.69, 9.17) is 0 Å². The lowest BCUT2D eigenvalue weighted by atomic mass is 10.2. The van der Waals surface area contributed by atoms with Crippen LogP contribution in [0.15, 0.2) is 5.38 Å². The van der Waals surface area contributed by atoms with Crippen LogP contribution in [0.1, 0.15) is 28.9 Å². The number of hydrogen-bond acceptors (Lipinski definition) is 3. The van der Waals surface area contributed by atoms with Crippen molar-refractivity contribution in [1.29, 1.82) is 0 Å². The molecular weight excluding hydrogens is 184 g/mol. The van der Waals surface area contributed by atoms with Gasteiger partial charge >= 0.3 is 0 Å². The SMILES string of the molecule is Cc1nscc1C(=O)N1CCCC1. The molecule has 3 nitrogen and oxygen atoms in total. The molecule has 2 rings (SSSR count). The largest absolute Gasteiger partial charge is 0.339 e. The van der Waals surface area contributed by atoms with Crippen LogP contribution in [-0.4, -0.2) is 28.3 Å². The fraction of sp³-hybridized carbons (Fsp3) is 0.556. The Balaban J connectivity index is 2.17. The van der Waals surface area contributed by atoms with Crippen molar-refractivity contribution >= 4 is 17.4 Å². The van der Waals surface area contributed by atoms with Crippen molar-refractivity contribution in [3.05, 3.63) is 16.6 Å². The van der Waals surface area contributed by atoms with Gasteiger partial charge in [-0.25, -0.2) is 0 Å². The highest BCUT2D eigenvalue weighted by molar-refractivity contribution is 7.03. The number of carbonyl (C=O) groups is 1. The van der Waals surface area contributed by atoms with Crippen molar-refractivity contribution in [3.8, 4) is 0 Å². The van der Waals surface area contributed by atoms with Gasteiger partial charge in [0.05, 0.1) is 11.3 Å². The summed E-state index contributed by atoms with van der Waals surface area (Å²) in [5.41, 5.74) is 1.65. The first kappa shape index (κ1) is 8.69. The van der Waals surface area contributed by atoms with Gasteiger partial charge < -0.3 is 4.90 Å². The van der Waals surface area contributed by atoms with Gasteiger partial charge in [0.15, 0.2) is 0 Å². The second-order valence-corrected chi connectivity index (χ2v) is 3.94. The molecule has 13 heavy (non-hydrogen) atoms. The molecule has 0 unspecified atom stereocenters. The summed E-state index contributed by atoms with van der Waals surface area (Å²) >= 11 is 1.36. The summed E-state index contributed by atoms with van der Waals surface area (Å²) < 4.78 is 4.10. The zero-order chi connectivity index (χ0) is 9.26. The molecule has 0 aliphatic carbocycles. The molecule has 0 bridgehead atoms. The fourth-order valence-electron chi connectivity index (χ4n) is 1.59. The number of aryl methyl sites for hydroxylation is 1. The van der Waals surface area contributed by atoms with Crippen molar-refractivity contribution in [3.63, 3.8) is 0 Å². The molecular formula is C9H12N2OS. The second kappa shape index (κ2) is 3.46. The first-order valence-electron chi connectivity index (χ1n) is 4.49. The lowest BCUT2D eigenvalue weighted by molar-refractivity contribution is 0.0792. The lowest BCUT2D eigenvalue weighted by Crippen LogP contribution is -2.27. The fourth-order valence-corrected chi connectivity index (χ4v) is 2.27. The van der Waals surface area contributed by atoms with E-state index in [1.807, 2.05) is 17.2 Å². The standard InChI is InChI=1S/C9H12N2OS/c1-7-8(6-13-10-7)9(12)11-4-2-3-5-11/h6H,2-5H2,1H3. The van der Waals surface area contributed by atoms with Gasteiger partial charge in [-0.1, -0.05) is 0 Å². The molecule has 0 spiro atoms. The van der Waals surface area contributed by atoms with Gasteiger partial charge in [0.25, 0.3) is 5.91 Å². The van der Waals surface area contributed by atoms with Gasteiger partial charge in [-0.3, -0.25) is 4.79 Å². The predicted octanol–water partition coefficient (Wildman–Crippen LogP) is 1.69. The maximum Gasteiger partial charge on any atom is 0.256 e. The molecule has 1 aromatic heterocycles. The van der Waals surface area contributed by atoms with Crippen molar-refractivity contribution in [2.24, 2.45) is 0 Å². The van der Waals surface area contributed by atoms with Crippen molar-refractivity contribution in [2.75, 3.05) is 13.1 Å². The molecule has 2 heterocycles. The highest BCUT2D eigenvalue weighted by Gasteiger charge is 2.21. The molecule has 1 saturated heterocycles. The van der Waals surface area contributed by atoms with E-state index >= 15 is 0 Å². The zero-order valence-electron chi connectivity index (χ0n) is 7.62. The van der Waals surface area contributed by atoms with E-state index < -0.39 is 0 Å². The van der Waals surface area contributed by atoms with Crippen LogP contribution in [0.3, 0.4) is 0 Å². The minimum Gasteiger partial charge on any atom is -0.339 e. The number of rotatable bonds is 1. The van der Waals surface area contributed by atoms with E-state index in [9.17, 15) is 4.79 Å². The Hall–Kier alpha value is -0.900. The highest BCUT2D eigenvalue weighted by atomic mass is 32.1. The van der Waals surface area contributed by atoms with Crippen LogP contribution in [0.5, 0.6) is 0 Å². The number of likely N-dealkylation sites (tertiary alicyclic amines) is 1. The van der Waals surface area contributed by atoms with Crippen LogP contribution in [0, 0.1) is 6.92 Å². The van der Waals surface area contributed by atoms with Gasteiger partial charge in [0.1, 0.15) is 0 Å². The third-order valence-corrected chi connectivity index (χ3v) is 3.09. The van der Waals surface area contributed by atoms with Crippen molar-refractivity contribution in [1.82, 2.24) is 9.27 Å². The minimum absolute atomic E-state index is 0.156. The van der Waals surface area contributed by atoms with Gasteiger partial charge in [0.2, 0.25) is 0 Å². The molecule has 1 aromatic rings. The van der Waals surface area contributed by atoms with Gasteiger partial charge in [-0.05, 0) is 31.3 Å². The van der Waals surface area contributed by atoms with E-state index in [0.717, 1.165) is 37.2 Å². The average Bonchev–Trinajstić information content (AvgIpc) is 2.72. The number of carbonyl (C=O) groups excluding carboxylic acids is 1. The summed E-state index contributed by atoms with van der Waals surface area (Å²) in [5.74, 6) is 0.156. The van der Waals surface area contributed by atoms with Gasteiger partial charge in [0, 0.05) is 18.5 Å². The normalized spacial score (nSPS) is 16.5. The Morgan fingerprint density at radius 2 is 2.23 bits per heavy atom. The van der Waals surface area contributed by atoms with Crippen LogP contribution < -0.4 is 0 Å². The highest BCUT2D eigenvalue weighted by Crippen LogP contribution is 2.16. The number of amides is 1. The molecule has 1 amide bonds. The molecule has 0 saturated carbocycles. The van der Waals surface area contributed by atoms with E-state index in [-0.39, 0.29) is 5.91 Å². The Bertz CT molecular complexity index is 315. The van der Waals surface area contributed by atoms with Crippen molar-refractivity contribution in [2.45, 2.75) is 19.8 Å². The van der Waals surface area contributed by atoms with Crippen LogP contribution in [-0.2, 0) is 0 Å². The number of nitrogens with zero attached hydrogens (tertiary/aromatic N) is 2. The third kappa shape index (κ3) is 1.58. The Kier molecular flexibility index (Phi) is 2.31. The third-order valence-electron chi connectivity index (χ3n) is 2.37. The molecule has 0 atom stereocenters. The van der Waals surface area contributed by atoms with Gasteiger partial charge in [-0.15, -0.1) is 0 Å². The number of aromatic nitrogens is 1. The Morgan fingerprint density at radius 1 is 1.54 bits per heavy atom. The number of hydrogen-bond donors (Lipinski definition) is 0. The summed E-state index contributed by atoms with van der Waals surface area (Å²) in [4.78, 5) is 13.7. The Morgan fingerprint density at radius 3 is 2.77 bits per heavy atom. The maximum absolute atomic E-state index is 11.8. The summed E-state index contributed by atoms with van der Waals surface area (Å²) in [6.45, 7) is 3.71. The summed E-state index contributed by atoms with van der Waals surface area (Å²) in [7, 11) is 0. The summed E-state index contributed by atoms with van der Waals surface area (Å²) in [6, 6.07) is 0. The predicted molar refractivity (Wildman–Crippen MR) is 52.0 cm³/mol. The van der Waals surface area contributed by atoms with Crippen LogP contribution >= 0.6 is 11.5 Å². The zero-order valence-corrected chi connectivity index (χ0v) is 8.43. The van der Waals surface area contributed by atoms with E-state index in [1.54, 1.807) is 0 Å². The first-order chi connectivity index (χ1) is 6.29. The Labute approximate surface area is 81.5 Å². The van der Waals surface area contributed by atoms with Gasteiger partial charge in [-0.2, -0.15) is 4.37 Å². The minimum atomic E-state index is 0.156. The monoisotopic (exact) mass is 196 g/mol. The molecule has 1 fully saturated rings. The topological polar surface area (TPSA) is 33.2 Å². The van der Waals surface area contributed by atoms with E-state index in [1.165, 1.54) is 11.5 Å². The smallest absolute Gasteiger partial charge is 0.256 e. The average molecular weight is 196 g/mol. The quantitative estimate of drug-likeness (QED) is 0.684. The van der Waals surface area contributed by atoms with Crippen molar-refractivity contribution < 1.29 is 4.79 Å². The molecule has 0 N–H and O–H groups in total. The first-order valence-corrected chi connectivity index (χ1v) is 5.33. The molecule has 1 aliphatic heterocycles. The molecule has 0 aromatic carbocycles. The van der Waals surface area contributed by atoms with Crippen LogP contribution in [0.25, 0.3) is 0 Å². The van der Waals surface area contributed by atoms with Crippen LogP contribution in [0.4, 0.5) is 0 Å². The molecule has 1 aliphatic rings. The summed E-state index contributed by atoms with van der Waals surface area (Å²) in [6.07, 6.45) is 2.28. The second-order valence-electron chi connectivity index (χ2n) is 3.31. The van der Waals surface area contributed by atoms with Crippen LogP contribution in [0.2, 0.25) is 0 Å². The molecule has 4 heteroatoms. The summed E-state index contributed by atoms with van der Waals surface area (Å²) in [5, 5.41) is 1.84. The molecule has 0 radical (unpaired) electrons. The van der Waals surface area contributed by atoms with E-state index in [0.29, 0.717) is 0 Å². The van der Waals surface area contributed by atoms with E-state index in [2.05, 4.69) is 4.37 Å². The molecule has 70 valence electrons. The maximum atomic E-state index is 11.8. The lowest BCUT2D eigenvalue weighted by Gasteiger charge is -2.13.